The van der Waals surface area contributed by atoms with Crippen LogP contribution in [0.1, 0.15) is 85.0 Å². The normalized spacial score (nSPS) is 22.3. The lowest BCUT2D eigenvalue weighted by Gasteiger charge is -2.23. The molecule has 8 rings (SSSR count). The molecule has 3 heterocycles. The predicted octanol–water partition coefficient (Wildman–Crippen LogP) is 10.3. The minimum atomic E-state index is -0.145. The maximum atomic E-state index is 5.61. The fourth-order valence-electron chi connectivity index (χ4n) is 7.96. The molecule has 3 aromatic carbocycles. The minimum Gasteiger partial charge on any atom is -0.405 e. The van der Waals surface area contributed by atoms with E-state index in [1.54, 1.807) is 6.20 Å². The zero-order chi connectivity index (χ0) is 32.7. The highest BCUT2D eigenvalue weighted by molar-refractivity contribution is 5.87. The van der Waals surface area contributed by atoms with Gasteiger partial charge in [-0.3, -0.25) is 9.98 Å². The molecule has 0 amide bonds. The topological polar surface area (TPSA) is 66.5 Å². The highest BCUT2D eigenvalue weighted by Crippen LogP contribution is 2.51. The number of hydrogen-bond donors (Lipinski definition) is 2. The largest absolute Gasteiger partial charge is 0.405 e. The van der Waals surface area contributed by atoms with E-state index in [4.69, 9.17) is 15.7 Å². The highest BCUT2D eigenvalue weighted by Gasteiger charge is 2.36. The number of aromatic nitrogens is 1. The average Bonchev–Trinajstić information content (AvgIpc) is 3.94. The summed E-state index contributed by atoms with van der Waals surface area (Å²) in [6.07, 6.45) is 26.9. The van der Waals surface area contributed by atoms with Gasteiger partial charge in [0.15, 0.2) is 0 Å². The van der Waals surface area contributed by atoms with E-state index in [1.807, 2.05) is 24.6 Å². The van der Waals surface area contributed by atoms with Crippen molar-refractivity contribution >= 4 is 24.1 Å². The summed E-state index contributed by atoms with van der Waals surface area (Å²) in [5, 5.41) is 0. The molecular weight excluding hydrogens is 585 g/mol. The molecule has 0 saturated carbocycles. The highest BCUT2D eigenvalue weighted by atomic mass is 14.8. The summed E-state index contributed by atoms with van der Waals surface area (Å²) >= 11 is 0. The number of aromatic amines is 1. The van der Waals surface area contributed by atoms with Crippen LogP contribution in [0.3, 0.4) is 0 Å². The summed E-state index contributed by atoms with van der Waals surface area (Å²) in [6.45, 7) is 4.76. The number of hydrogen-bond acceptors (Lipinski definition) is 3. The number of H-pyrrole nitrogens is 1. The van der Waals surface area contributed by atoms with Crippen LogP contribution in [0.5, 0.6) is 0 Å². The number of rotatable bonds is 7. The van der Waals surface area contributed by atoms with Crippen LogP contribution in [0.25, 0.3) is 33.9 Å². The number of aliphatic imine (C=N–C) groups is 2. The summed E-state index contributed by atoms with van der Waals surface area (Å²) in [7, 11) is 0. The van der Waals surface area contributed by atoms with Gasteiger partial charge in [0.2, 0.25) is 0 Å². The Bertz CT molecular complexity index is 2070. The maximum Gasteiger partial charge on any atom is 0.0897 e. The van der Waals surface area contributed by atoms with Crippen molar-refractivity contribution in [2.75, 3.05) is 0 Å². The Balaban J connectivity index is 1.18. The maximum absolute atomic E-state index is 5.61. The van der Waals surface area contributed by atoms with Gasteiger partial charge in [0.1, 0.15) is 0 Å². The Hall–Kier alpha value is -5.22. The summed E-state index contributed by atoms with van der Waals surface area (Å²) in [5.74, 6) is 0.330. The molecule has 0 radical (unpaired) electrons. The van der Waals surface area contributed by atoms with E-state index < -0.39 is 0 Å². The summed E-state index contributed by atoms with van der Waals surface area (Å²) < 4.78 is 0. The van der Waals surface area contributed by atoms with E-state index in [9.17, 15) is 0 Å². The molecule has 48 heavy (non-hydrogen) atoms. The van der Waals surface area contributed by atoms with Gasteiger partial charge in [-0.15, -0.1) is 0 Å². The van der Waals surface area contributed by atoms with Crippen molar-refractivity contribution in [3.8, 4) is 22.3 Å². The Morgan fingerprint density at radius 2 is 1.71 bits per heavy atom. The molecule has 3 unspecified atom stereocenters. The molecule has 3 atom stereocenters. The second-order valence-corrected chi connectivity index (χ2v) is 13.9. The number of nitrogens with one attached hydrogen (secondary N) is 1. The van der Waals surface area contributed by atoms with Crippen molar-refractivity contribution in [2.45, 2.75) is 62.9 Å². The zero-order valence-corrected chi connectivity index (χ0v) is 27.7. The summed E-state index contributed by atoms with van der Waals surface area (Å²) in [6, 6.07) is 25.7. The smallest absolute Gasteiger partial charge is 0.0897 e. The minimum absolute atomic E-state index is 0.136. The van der Waals surface area contributed by atoms with Gasteiger partial charge in [0.05, 0.1) is 12.1 Å². The Kier molecular flexibility index (Phi) is 7.80. The van der Waals surface area contributed by atoms with Gasteiger partial charge in [-0.2, -0.15) is 0 Å². The fourth-order valence-corrected chi connectivity index (χ4v) is 7.96. The lowest BCUT2D eigenvalue weighted by molar-refractivity contribution is 0.660. The molecule has 2 aliphatic carbocycles. The van der Waals surface area contributed by atoms with Gasteiger partial charge >= 0.3 is 0 Å². The van der Waals surface area contributed by atoms with Gasteiger partial charge in [-0.1, -0.05) is 68.5 Å². The second kappa shape index (κ2) is 12.4. The first kappa shape index (κ1) is 30.1. The van der Waals surface area contributed by atoms with Gasteiger partial charge in [0, 0.05) is 29.4 Å². The van der Waals surface area contributed by atoms with E-state index in [2.05, 4.69) is 122 Å². The van der Waals surface area contributed by atoms with Crippen LogP contribution in [-0.4, -0.2) is 23.5 Å². The number of allylic oxidation sites excluding steroid dienone is 6. The van der Waals surface area contributed by atoms with Gasteiger partial charge < -0.3 is 10.7 Å². The van der Waals surface area contributed by atoms with Crippen molar-refractivity contribution in [3.63, 3.8) is 0 Å². The van der Waals surface area contributed by atoms with Crippen molar-refractivity contribution in [1.82, 2.24) is 4.98 Å². The van der Waals surface area contributed by atoms with Crippen LogP contribution < -0.4 is 5.73 Å². The molecule has 1 aromatic heterocycles. The van der Waals surface area contributed by atoms with Crippen LogP contribution in [-0.2, 0) is 5.41 Å². The standard InChI is InChI=1S/C44H42N4/c1-44(2)39-27-30(34-22-29(8-3-4-18-45)23-36(26-34)43-11-7-21-48-43)14-16-37(39)38-17-15-31(28-40(38)44)35-24-32(41-9-5-19-46-41)12-13-33(25-35)42-10-6-20-47-42/h3-6,8-10,14-28,32,42-43,46H,7,11-13,45H2,1-2H3/b8-3+,18-4-. The number of nitrogens with two attached hydrogens (primary N) is 1. The van der Waals surface area contributed by atoms with Crippen LogP contribution in [0.4, 0.5) is 0 Å². The molecule has 4 aromatic rings. The number of fused-ring (bicyclic) bond motifs is 3. The first-order chi connectivity index (χ1) is 23.5. The van der Waals surface area contributed by atoms with Crippen molar-refractivity contribution in [3.05, 3.63) is 155 Å². The van der Waals surface area contributed by atoms with E-state index in [1.165, 1.54) is 61.3 Å². The first-order valence-electron chi connectivity index (χ1n) is 17.3. The summed E-state index contributed by atoms with van der Waals surface area (Å²) in [4.78, 5) is 13.0. The predicted molar refractivity (Wildman–Crippen MR) is 203 cm³/mol. The van der Waals surface area contributed by atoms with Crippen LogP contribution in [0.15, 0.2) is 131 Å². The van der Waals surface area contributed by atoms with E-state index in [-0.39, 0.29) is 17.5 Å². The van der Waals surface area contributed by atoms with Crippen molar-refractivity contribution < 1.29 is 0 Å². The Labute approximate surface area is 283 Å². The Morgan fingerprint density at radius 1 is 0.875 bits per heavy atom. The Morgan fingerprint density at radius 3 is 2.44 bits per heavy atom. The fraction of sp³-hybridized carbons (Fsp3) is 0.227. The van der Waals surface area contributed by atoms with Crippen LogP contribution >= 0.6 is 0 Å². The third-order valence-corrected chi connectivity index (χ3v) is 10.6. The van der Waals surface area contributed by atoms with E-state index in [0.29, 0.717) is 5.92 Å². The number of benzene rings is 3. The molecule has 3 N–H and O–H groups in total. The van der Waals surface area contributed by atoms with Crippen molar-refractivity contribution in [1.29, 1.82) is 0 Å². The van der Waals surface area contributed by atoms with Crippen molar-refractivity contribution in [2.24, 2.45) is 15.7 Å². The van der Waals surface area contributed by atoms with Gasteiger partial charge in [0.25, 0.3) is 0 Å². The molecule has 2 aliphatic heterocycles. The molecule has 0 spiro atoms. The molecule has 4 nitrogen and oxygen atoms in total. The lowest BCUT2D eigenvalue weighted by atomic mass is 9.80. The lowest BCUT2D eigenvalue weighted by Crippen LogP contribution is -2.15. The third kappa shape index (κ3) is 5.56. The number of nitrogens with zero attached hydrogens (tertiary/aromatic N) is 2. The molecule has 238 valence electrons. The summed E-state index contributed by atoms with van der Waals surface area (Å²) in [5.41, 5.74) is 21.0. The average molecular weight is 627 g/mol. The molecule has 0 saturated heterocycles. The second-order valence-electron chi connectivity index (χ2n) is 13.9. The van der Waals surface area contributed by atoms with Crippen LogP contribution in [0.2, 0.25) is 0 Å². The zero-order valence-electron chi connectivity index (χ0n) is 27.7. The first-order valence-corrected chi connectivity index (χ1v) is 17.3. The van der Waals surface area contributed by atoms with E-state index >= 15 is 0 Å². The SMILES string of the molecule is CC1(C)c2cc(C3=CC(c4ccc[nH]4)CCC(C4C=CC=N4)=C3)ccc2-c2ccc(-c3cc(/C=C/C=C\N)cc(C4CCC=N4)c3)cc21. The molecular formula is C44H42N4. The monoisotopic (exact) mass is 626 g/mol. The van der Waals surface area contributed by atoms with Gasteiger partial charge in [-0.25, -0.2) is 0 Å². The van der Waals surface area contributed by atoms with Crippen LogP contribution in [0, 0.1) is 0 Å². The molecule has 4 heteroatoms. The molecule has 0 fully saturated rings. The quantitative estimate of drug-likeness (QED) is 0.197. The van der Waals surface area contributed by atoms with Gasteiger partial charge in [-0.05, 0) is 154 Å². The molecule has 4 aliphatic rings. The third-order valence-electron chi connectivity index (χ3n) is 10.6. The van der Waals surface area contributed by atoms with E-state index in [0.717, 1.165) is 31.2 Å². The molecule has 0 bridgehead atoms.